The second-order valence-corrected chi connectivity index (χ2v) is 7.89. The van der Waals surface area contributed by atoms with Gasteiger partial charge in [0.15, 0.2) is 0 Å². The summed E-state index contributed by atoms with van der Waals surface area (Å²) in [5, 5.41) is 29.7. The van der Waals surface area contributed by atoms with E-state index in [1.165, 1.54) is 30.5 Å². The summed E-state index contributed by atoms with van der Waals surface area (Å²) >= 11 is 0. The van der Waals surface area contributed by atoms with Gasteiger partial charge >= 0.3 is 6.36 Å². The summed E-state index contributed by atoms with van der Waals surface area (Å²) in [5.41, 5.74) is -1.96. The van der Waals surface area contributed by atoms with Crippen LogP contribution >= 0.6 is 0 Å². The molecule has 1 unspecified atom stereocenters. The largest absolute Gasteiger partial charge is 0.573 e. The Labute approximate surface area is 173 Å². The van der Waals surface area contributed by atoms with Gasteiger partial charge in [-0.2, -0.15) is 8.42 Å². The lowest BCUT2D eigenvalue weighted by Gasteiger charge is -2.38. The number of nitrogens with zero attached hydrogens (tertiary/aromatic N) is 1. The maximum absolute atomic E-state index is 12.3. The second kappa shape index (κ2) is 8.57. The molecule has 2 aromatic rings. The molecule has 0 radical (unpaired) electrons. The zero-order valence-corrected chi connectivity index (χ0v) is 16.1. The zero-order chi connectivity index (χ0) is 23.0. The van der Waals surface area contributed by atoms with Crippen molar-refractivity contribution in [3.05, 3.63) is 42.6 Å². The maximum Gasteiger partial charge on any atom is 0.573 e. The molecule has 2 heterocycles. The summed E-state index contributed by atoms with van der Waals surface area (Å²) in [6.45, 7) is 0. The van der Waals surface area contributed by atoms with E-state index in [-0.39, 0.29) is 17.0 Å². The van der Waals surface area contributed by atoms with Gasteiger partial charge in [0.25, 0.3) is 10.1 Å². The van der Waals surface area contributed by atoms with Crippen molar-refractivity contribution in [2.24, 2.45) is 0 Å². The van der Waals surface area contributed by atoms with Crippen molar-refractivity contribution in [3.8, 4) is 22.8 Å². The summed E-state index contributed by atoms with van der Waals surface area (Å²) < 4.78 is 83.0. The van der Waals surface area contributed by atoms with Gasteiger partial charge in [-0.1, -0.05) is 0 Å². The number of ether oxygens (including phenoxy) is 3. The van der Waals surface area contributed by atoms with E-state index in [0.29, 0.717) is 0 Å². The molecule has 0 saturated carbocycles. The Balaban J connectivity index is 1.87. The Bertz CT molecular complexity index is 1020. The van der Waals surface area contributed by atoms with Gasteiger partial charge in [-0.3, -0.25) is 9.54 Å². The van der Waals surface area contributed by atoms with Crippen molar-refractivity contribution >= 4 is 10.1 Å². The predicted octanol–water partition coefficient (Wildman–Crippen LogP) is 0.679. The number of alkyl halides is 3. The molecule has 1 aliphatic rings. The van der Waals surface area contributed by atoms with Crippen molar-refractivity contribution in [1.29, 1.82) is 0 Å². The molecule has 0 amide bonds. The van der Waals surface area contributed by atoms with Crippen LogP contribution in [0.1, 0.15) is 0 Å². The number of pyridine rings is 1. The van der Waals surface area contributed by atoms with Gasteiger partial charge in [-0.25, -0.2) is 0 Å². The number of hydrogen-bond donors (Lipinski definition) is 4. The minimum Gasteiger partial charge on any atom is -0.460 e. The third-order valence-electron chi connectivity index (χ3n) is 4.19. The van der Waals surface area contributed by atoms with E-state index in [9.17, 15) is 41.5 Å². The van der Waals surface area contributed by atoms with Crippen LogP contribution in [0, 0.1) is 0 Å². The van der Waals surface area contributed by atoms with Crippen LogP contribution in [-0.4, -0.2) is 69.7 Å². The first-order chi connectivity index (χ1) is 14.4. The lowest BCUT2D eigenvalue weighted by atomic mass is 10.1. The lowest BCUT2D eigenvalue weighted by molar-refractivity contribution is -0.274. The van der Waals surface area contributed by atoms with E-state index in [2.05, 4.69) is 9.72 Å². The van der Waals surface area contributed by atoms with Crippen LogP contribution in [0.5, 0.6) is 11.5 Å². The Hall–Kier alpha value is -2.49. The van der Waals surface area contributed by atoms with Gasteiger partial charge in [-0.05, 0) is 36.4 Å². The summed E-state index contributed by atoms with van der Waals surface area (Å²) in [6, 6.07) is 7.28. The van der Waals surface area contributed by atoms with Crippen LogP contribution in [0.4, 0.5) is 13.2 Å². The molecular formula is C17H16F3NO9S. The maximum atomic E-state index is 12.3. The van der Waals surface area contributed by atoms with E-state index in [1.54, 1.807) is 0 Å². The molecule has 0 bridgehead atoms. The quantitative estimate of drug-likeness (QED) is 0.461. The van der Waals surface area contributed by atoms with E-state index in [0.717, 1.165) is 12.1 Å². The zero-order valence-electron chi connectivity index (χ0n) is 15.2. The number of aromatic nitrogens is 1. The molecule has 3 rings (SSSR count). The Kier molecular flexibility index (Phi) is 6.40. The molecular weight excluding hydrogens is 451 g/mol. The average Bonchev–Trinajstić information content (AvgIpc) is 2.67. The summed E-state index contributed by atoms with van der Waals surface area (Å²) in [7, 11) is -4.98. The molecule has 14 heteroatoms. The fourth-order valence-corrected chi connectivity index (χ4v) is 3.57. The highest BCUT2D eigenvalue weighted by Gasteiger charge is 2.50. The molecule has 10 nitrogen and oxygen atoms in total. The number of aliphatic hydroxyl groups is 3. The molecule has 0 spiro atoms. The number of hydrogen-bond acceptors (Lipinski definition) is 9. The SMILES string of the molecule is O=S(=O)(O)C1O[C@@H](Oc2cccnc2-c2ccc(OC(F)(F)F)cc2)[C@H](O)[C@@H](O)[C@@H]1O. The van der Waals surface area contributed by atoms with Gasteiger partial charge in [0, 0.05) is 11.8 Å². The highest BCUT2D eigenvalue weighted by atomic mass is 32.2. The smallest absolute Gasteiger partial charge is 0.460 e. The first kappa shape index (κ1) is 23.2. The van der Waals surface area contributed by atoms with Crippen molar-refractivity contribution in [2.45, 2.75) is 36.4 Å². The molecule has 0 aliphatic carbocycles. The normalized spacial score (nSPS) is 27.0. The van der Waals surface area contributed by atoms with Crippen LogP contribution in [0.25, 0.3) is 11.3 Å². The van der Waals surface area contributed by atoms with Crippen LogP contribution in [0.15, 0.2) is 42.6 Å². The fourth-order valence-electron chi connectivity index (χ4n) is 2.80. The third kappa shape index (κ3) is 5.41. The standard InChI is InChI=1S/C17H16F3NO9S/c18-17(19,20)30-9-5-3-8(4-6-9)11-10(2-1-7-21-11)28-15-13(23)12(22)14(24)16(29-15)31(25,26)27/h1-7,12-16,22-24H,(H,25,26,27)/t12-,13-,14+,15-,16?/m1/s1. The van der Waals surface area contributed by atoms with Gasteiger partial charge in [0.1, 0.15) is 35.5 Å². The van der Waals surface area contributed by atoms with Gasteiger partial charge in [0.2, 0.25) is 11.7 Å². The monoisotopic (exact) mass is 467 g/mol. The van der Waals surface area contributed by atoms with Crippen molar-refractivity contribution in [2.75, 3.05) is 0 Å². The molecule has 5 atom stereocenters. The van der Waals surface area contributed by atoms with Crippen LogP contribution in [-0.2, 0) is 14.9 Å². The number of rotatable bonds is 5. The first-order valence-corrected chi connectivity index (χ1v) is 10.0. The fraction of sp³-hybridized carbons (Fsp3) is 0.353. The molecule has 1 aromatic heterocycles. The number of halogens is 3. The minimum absolute atomic E-state index is 0.0703. The Morgan fingerprint density at radius 1 is 1.00 bits per heavy atom. The molecule has 1 saturated heterocycles. The Morgan fingerprint density at radius 2 is 1.65 bits per heavy atom. The summed E-state index contributed by atoms with van der Waals surface area (Å²) in [4.78, 5) is 4.04. The van der Waals surface area contributed by atoms with Gasteiger partial charge in [0.05, 0.1) is 0 Å². The van der Waals surface area contributed by atoms with Crippen LogP contribution in [0.2, 0.25) is 0 Å². The molecule has 1 aromatic carbocycles. The number of aliphatic hydroxyl groups excluding tert-OH is 3. The van der Waals surface area contributed by atoms with E-state index in [4.69, 9.17) is 9.47 Å². The van der Waals surface area contributed by atoms with Crippen LogP contribution < -0.4 is 9.47 Å². The summed E-state index contributed by atoms with van der Waals surface area (Å²) in [5.74, 6) is -0.581. The average molecular weight is 467 g/mol. The Morgan fingerprint density at radius 3 is 2.23 bits per heavy atom. The number of benzene rings is 1. The minimum atomic E-state index is -4.98. The highest BCUT2D eigenvalue weighted by Crippen LogP contribution is 2.33. The van der Waals surface area contributed by atoms with E-state index in [1.807, 2.05) is 0 Å². The van der Waals surface area contributed by atoms with E-state index < -0.39 is 52.3 Å². The summed E-state index contributed by atoms with van der Waals surface area (Å²) in [6.07, 6.45) is -11.5. The van der Waals surface area contributed by atoms with Gasteiger partial charge in [-0.15, -0.1) is 13.2 Å². The van der Waals surface area contributed by atoms with Gasteiger partial charge < -0.3 is 29.5 Å². The first-order valence-electron chi connectivity index (χ1n) is 8.50. The van der Waals surface area contributed by atoms with Crippen molar-refractivity contribution in [1.82, 2.24) is 4.98 Å². The second-order valence-electron chi connectivity index (χ2n) is 6.40. The van der Waals surface area contributed by atoms with Crippen molar-refractivity contribution in [3.63, 3.8) is 0 Å². The predicted molar refractivity (Wildman–Crippen MR) is 95.2 cm³/mol. The van der Waals surface area contributed by atoms with Crippen LogP contribution in [0.3, 0.4) is 0 Å². The molecule has 31 heavy (non-hydrogen) atoms. The lowest BCUT2D eigenvalue weighted by Crippen LogP contribution is -2.61. The molecule has 1 aliphatic heterocycles. The molecule has 1 fully saturated rings. The topological polar surface area (TPSA) is 156 Å². The highest BCUT2D eigenvalue weighted by molar-refractivity contribution is 7.86. The molecule has 4 N–H and O–H groups in total. The molecule has 170 valence electrons. The third-order valence-corrected chi connectivity index (χ3v) is 5.17. The van der Waals surface area contributed by atoms with E-state index >= 15 is 0 Å². The van der Waals surface area contributed by atoms with Crippen molar-refractivity contribution < 1.29 is 55.7 Å².